The van der Waals surface area contributed by atoms with Crippen molar-refractivity contribution in [2.75, 3.05) is 0 Å². The van der Waals surface area contributed by atoms with Crippen LogP contribution in [0.15, 0.2) is 89.7 Å². The van der Waals surface area contributed by atoms with Crippen LogP contribution >= 0.6 is 12.2 Å². The largest absolute Gasteiger partial charge is 0.478 e. The topological polar surface area (TPSA) is 91.5 Å². The van der Waals surface area contributed by atoms with Crippen molar-refractivity contribution >= 4 is 23.3 Å². The molecule has 0 aliphatic carbocycles. The van der Waals surface area contributed by atoms with Crippen LogP contribution in [0.25, 0.3) is 11.3 Å². The normalized spacial score (nSPS) is 17.7. The minimum atomic E-state index is -0.961. The van der Waals surface area contributed by atoms with Gasteiger partial charge >= 0.3 is 5.97 Å². The molecule has 1 saturated heterocycles. The molecule has 0 unspecified atom stereocenters. The van der Waals surface area contributed by atoms with Crippen LogP contribution in [0.2, 0.25) is 0 Å². The molecule has 0 radical (unpaired) electrons. The van der Waals surface area contributed by atoms with Gasteiger partial charge in [-0.05, 0) is 66.3 Å². The standard InChI is InChI=1S/C25H20N4O3S/c30-24(31)18-6-4-17(5-7-18)20-8-9-21(32-20)23-22(19-3-1-2-12-27-19)28-25(33)29(23)15-16-10-13-26-14-11-16/h1-14,22-23H,15H2,(H,28,33)(H,30,31)/t22-,23+/m1/s1. The lowest BCUT2D eigenvalue weighted by Gasteiger charge is -2.26. The first kappa shape index (κ1) is 20.8. The van der Waals surface area contributed by atoms with Crippen molar-refractivity contribution in [3.8, 4) is 11.3 Å². The van der Waals surface area contributed by atoms with Gasteiger partial charge in [-0.1, -0.05) is 18.2 Å². The number of furan rings is 1. The summed E-state index contributed by atoms with van der Waals surface area (Å²) in [5.41, 5.74) is 2.98. The lowest BCUT2D eigenvalue weighted by atomic mass is 10.0. The Morgan fingerprint density at radius 2 is 1.82 bits per heavy atom. The molecule has 5 rings (SSSR count). The van der Waals surface area contributed by atoms with E-state index >= 15 is 0 Å². The molecule has 1 aliphatic heterocycles. The second-order valence-corrected chi connectivity index (χ2v) is 8.08. The van der Waals surface area contributed by atoms with E-state index in [1.54, 1.807) is 42.9 Å². The number of nitrogens with one attached hydrogen (secondary N) is 1. The summed E-state index contributed by atoms with van der Waals surface area (Å²) >= 11 is 5.71. The SMILES string of the molecule is O=C(O)c1ccc(-c2ccc([C@H]3[C@@H](c4ccccn4)NC(=S)N3Cc3ccncc3)o2)cc1. The highest BCUT2D eigenvalue weighted by Gasteiger charge is 2.41. The van der Waals surface area contributed by atoms with Gasteiger partial charge < -0.3 is 19.7 Å². The molecule has 4 aromatic rings. The third-order valence-corrected chi connectivity index (χ3v) is 5.99. The van der Waals surface area contributed by atoms with Gasteiger partial charge in [-0.2, -0.15) is 0 Å². The van der Waals surface area contributed by atoms with Crippen LogP contribution in [0.3, 0.4) is 0 Å². The number of thiocarbonyl (C=S) groups is 1. The number of hydrogen-bond donors (Lipinski definition) is 2. The lowest BCUT2D eigenvalue weighted by Crippen LogP contribution is -2.29. The molecule has 2 N–H and O–H groups in total. The fourth-order valence-electron chi connectivity index (χ4n) is 4.01. The second kappa shape index (κ2) is 8.84. The number of pyridine rings is 2. The molecular weight excluding hydrogens is 436 g/mol. The summed E-state index contributed by atoms with van der Waals surface area (Å²) in [6.07, 6.45) is 5.29. The zero-order valence-electron chi connectivity index (χ0n) is 17.5. The second-order valence-electron chi connectivity index (χ2n) is 7.69. The van der Waals surface area contributed by atoms with E-state index in [1.165, 1.54) is 0 Å². The molecule has 0 spiro atoms. The maximum Gasteiger partial charge on any atom is 0.335 e. The molecule has 164 valence electrons. The third kappa shape index (κ3) is 4.20. The molecule has 0 amide bonds. The Kier molecular flexibility index (Phi) is 5.58. The van der Waals surface area contributed by atoms with Crippen molar-refractivity contribution in [1.29, 1.82) is 0 Å². The van der Waals surface area contributed by atoms with Crippen LogP contribution in [-0.2, 0) is 6.54 Å². The van der Waals surface area contributed by atoms with Gasteiger partial charge in [0, 0.05) is 30.7 Å². The van der Waals surface area contributed by atoms with E-state index in [0.717, 1.165) is 22.6 Å². The Balaban J connectivity index is 1.51. The number of nitrogens with zero attached hydrogens (tertiary/aromatic N) is 3. The summed E-state index contributed by atoms with van der Waals surface area (Å²) in [6, 6.07) is 19.8. The monoisotopic (exact) mass is 456 g/mol. The molecule has 0 saturated carbocycles. The first-order chi connectivity index (χ1) is 16.1. The average Bonchev–Trinajstić information content (AvgIpc) is 3.45. The van der Waals surface area contributed by atoms with Crippen molar-refractivity contribution < 1.29 is 14.3 Å². The van der Waals surface area contributed by atoms with Gasteiger partial charge in [0.05, 0.1) is 17.3 Å². The highest BCUT2D eigenvalue weighted by atomic mass is 32.1. The molecule has 8 heteroatoms. The predicted molar refractivity (Wildman–Crippen MR) is 126 cm³/mol. The van der Waals surface area contributed by atoms with E-state index < -0.39 is 5.97 Å². The van der Waals surface area contributed by atoms with Gasteiger partial charge in [-0.25, -0.2) is 4.79 Å². The summed E-state index contributed by atoms with van der Waals surface area (Å²) < 4.78 is 6.29. The Bertz CT molecular complexity index is 1280. The minimum Gasteiger partial charge on any atom is -0.478 e. The summed E-state index contributed by atoms with van der Waals surface area (Å²) in [5.74, 6) is 0.435. The zero-order chi connectivity index (χ0) is 22.8. The van der Waals surface area contributed by atoms with Crippen LogP contribution in [0, 0.1) is 0 Å². The van der Waals surface area contributed by atoms with E-state index in [2.05, 4.69) is 20.2 Å². The Labute approximate surface area is 195 Å². The molecule has 1 aliphatic rings. The van der Waals surface area contributed by atoms with Crippen molar-refractivity contribution in [2.45, 2.75) is 18.6 Å². The van der Waals surface area contributed by atoms with Crippen molar-refractivity contribution in [1.82, 2.24) is 20.2 Å². The number of carbonyl (C=O) groups is 1. The number of carboxylic acids is 1. The van der Waals surface area contributed by atoms with Crippen LogP contribution < -0.4 is 5.32 Å². The first-order valence-corrected chi connectivity index (χ1v) is 10.8. The number of benzene rings is 1. The van der Waals surface area contributed by atoms with E-state index in [0.29, 0.717) is 17.4 Å². The molecule has 1 fully saturated rings. The molecule has 4 heterocycles. The molecule has 2 atom stereocenters. The van der Waals surface area contributed by atoms with Crippen molar-refractivity contribution in [3.63, 3.8) is 0 Å². The Hall–Kier alpha value is -4.04. The number of rotatable bonds is 6. The predicted octanol–water partition coefficient (Wildman–Crippen LogP) is 4.61. The number of carboxylic acid groups (broad SMARTS) is 1. The molecule has 33 heavy (non-hydrogen) atoms. The maximum atomic E-state index is 11.2. The van der Waals surface area contributed by atoms with E-state index in [9.17, 15) is 4.79 Å². The highest BCUT2D eigenvalue weighted by molar-refractivity contribution is 7.80. The number of hydrogen-bond acceptors (Lipinski definition) is 5. The van der Waals surface area contributed by atoms with Crippen molar-refractivity contribution in [3.05, 3.63) is 108 Å². The fourth-order valence-corrected chi connectivity index (χ4v) is 4.32. The van der Waals surface area contributed by atoms with Crippen molar-refractivity contribution in [2.24, 2.45) is 0 Å². The van der Waals surface area contributed by atoms with Crippen LogP contribution in [-0.4, -0.2) is 31.1 Å². The maximum absolute atomic E-state index is 11.2. The highest BCUT2D eigenvalue weighted by Crippen LogP contribution is 2.41. The fraction of sp³-hybridized carbons (Fsp3) is 0.120. The average molecular weight is 457 g/mol. The lowest BCUT2D eigenvalue weighted by molar-refractivity contribution is 0.0697. The van der Waals surface area contributed by atoms with Gasteiger partial charge in [-0.3, -0.25) is 9.97 Å². The Morgan fingerprint density at radius 1 is 1.03 bits per heavy atom. The Morgan fingerprint density at radius 3 is 2.52 bits per heavy atom. The summed E-state index contributed by atoms with van der Waals surface area (Å²) in [6.45, 7) is 0.589. The van der Waals surface area contributed by atoms with Crippen LogP contribution in [0.5, 0.6) is 0 Å². The van der Waals surface area contributed by atoms with Gasteiger partial charge in [0.25, 0.3) is 0 Å². The van der Waals surface area contributed by atoms with E-state index in [-0.39, 0.29) is 17.6 Å². The molecule has 0 bridgehead atoms. The van der Waals surface area contributed by atoms with E-state index in [1.807, 2.05) is 42.5 Å². The molecule has 1 aromatic carbocycles. The van der Waals surface area contributed by atoms with Gasteiger partial charge in [0.1, 0.15) is 17.6 Å². The zero-order valence-corrected chi connectivity index (χ0v) is 18.3. The number of aromatic nitrogens is 2. The summed E-state index contributed by atoms with van der Waals surface area (Å²) in [7, 11) is 0. The molecule has 3 aromatic heterocycles. The van der Waals surface area contributed by atoms with Gasteiger partial charge in [0.2, 0.25) is 0 Å². The smallest absolute Gasteiger partial charge is 0.335 e. The molecular formula is C25H20N4O3S. The summed E-state index contributed by atoms with van der Waals surface area (Å²) in [5, 5.41) is 13.2. The van der Waals surface area contributed by atoms with E-state index in [4.69, 9.17) is 21.7 Å². The number of aromatic carboxylic acids is 1. The van der Waals surface area contributed by atoms with Gasteiger partial charge in [0.15, 0.2) is 5.11 Å². The van der Waals surface area contributed by atoms with Gasteiger partial charge in [-0.15, -0.1) is 0 Å². The van der Waals surface area contributed by atoms with Crippen LogP contribution in [0.1, 0.15) is 39.5 Å². The third-order valence-electron chi connectivity index (χ3n) is 5.63. The van der Waals surface area contributed by atoms with Crippen LogP contribution in [0.4, 0.5) is 0 Å². The quantitative estimate of drug-likeness (QED) is 0.407. The minimum absolute atomic E-state index is 0.186. The summed E-state index contributed by atoms with van der Waals surface area (Å²) in [4.78, 5) is 21.9. The molecule has 7 nitrogen and oxygen atoms in total. The first-order valence-electron chi connectivity index (χ1n) is 10.4.